The molecular weight excluding hydrogens is 244 g/mol. The van der Waals surface area contributed by atoms with Crippen molar-refractivity contribution in [2.75, 3.05) is 18.6 Å². The van der Waals surface area contributed by atoms with Crippen molar-refractivity contribution in [3.05, 3.63) is 0 Å². The van der Waals surface area contributed by atoms with Crippen LogP contribution in [0.25, 0.3) is 0 Å². The van der Waals surface area contributed by atoms with Crippen molar-refractivity contribution in [2.45, 2.75) is 58.9 Å². The molecule has 0 fully saturated rings. The van der Waals surface area contributed by atoms with Gasteiger partial charge in [0.05, 0.1) is 0 Å². The Morgan fingerprint density at radius 3 is 2.39 bits per heavy atom. The smallest absolute Gasteiger partial charge is 0.221 e. The number of amides is 1. The van der Waals surface area contributed by atoms with E-state index >= 15 is 0 Å². The van der Waals surface area contributed by atoms with Crippen LogP contribution in [0.4, 0.5) is 0 Å². The topological polar surface area (TPSA) is 55.1 Å². The van der Waals surface area contributed by atoms with Gasteiger partial charge in [0.2, 0.25) is 5.91 Å². The van der Waals surface area contributed by atoms with E-state index in [0.29, 0.717) is 6.42 Å². The monoisotopic (exact) mass is 274 g/mol. The predicted octanol–water partition coefficient (Wildman–Crippen LogP) is 2.79. The van der Waals surface area contributed by atoms with Crippen LogP contribution < -0.4 is 11.1 Å². The van der Waals surface area contributed by atoms with Gasteiger partial charge >= 0.3 is 0 Å². The van der Waals surface area contributed by atoms with E-state index < -0.39 is 0 Å². The van der Waals surface area contributed by atoms with Gasteiger partial charge in [-0.05, 0) is 30.3 Å². The lowest BCUT2D eigenvalue weighted by Gasteiger charge is -2.26. The summed E-state index contributed by atoms with van der Waals surface area (Å²) in [6.07, 6.45) is 7.38. The predicted molar refractivity (Wildman–Crippen MR) is 81.9 cm³/mol. The first-order valence-electron chi connectivity index (χ1n) is 6.89. The average molecular weight is 274 g/mol. The summed E-state index contributed by atoms with van der Waals surface area (Å²) in [7, 11) is 0. The first-order valence-corrected chi connectivity index (χ1v) is 8.28. The Bertz CT molecular complexity index is 226. The van der Waals surface area contributed by atoms with Crippen LogP contribution in [0.5, 0.6) is 0 Å². The fourth-order valence-electron chi connectivity index (χ4n) is 1.53. The second-order valence-electron chi connectivity index (χ2n) is 5.93. The SMILES string of the molecule is CSCCCCCCNC(=O)CC(N)C(C)(C)C. The summed E-state index contributed by atoms with van der Waals surface area (Å²) in [6, 6.07) is -0.0703. The number of hydrogen-bond donors (Lipinski definition) is 2. The summed E-state index contributed by atoms with van der Waals surface area (Å²) in [6.45, 7) is 6.99. The van der Waals surface area contributed by atoms with Crippen molar-refractivity contribution in [3.8, 4) is 0 Å². The van der Waals surface area contributed by atoms with Gasteiger partial charge in [0.1, 0.15) is 0 Å². The van der Waals surface area contributed by atoms with E-state index in [1.165, 1.54) is 25.0 Å². The summed E-state index contributed by atoms with van der Waals surface area (Å²) in [5.74, 6) is 1.33. The Morgan fingerprint density at radius 1 is 1.22 bits per heavy atom. The molecular formula is C14H30N2OS. The Labute approximate surface area is 117 Å². The first kappa shape index (κ1) is 17.8. The molecule has 0 aliphatic carbocycles. The molecule has 0 saturated carbocycles. The molecule has 3 nitrogen and oxygen atoms in total. The van der Waals surface area contributed by atoms with E-state index in [2.05, 4.69) is 32.3 Å². The molecule has 0 saturated heterocycles. The maximum Gasteiger partial charge on any atom is 0.221 e. The minimum absolute atomic E-state index is 0.00480. The molecule has 0 aliphatic rings. The van der Waals surface area contributed by atoms with E-state index in [1.807, 2.05) is 11.8 Å². The Kier molecular flexibility index (Phi) is 9.56. The maximum atomic E-state index is 11.6. The standard InChI is InChI=1S/C14H30N2OS/c1-14(2,3)12(15)11-13(17)16-9-7-5-6-8-10-18-4/h12H,5-11,15H2,1-4H3,(H,16,17). The largest absolute Gasteiger partial charge is 0.356 e. The molecule has 0 bridgehead atoms. The molecule has 0 heterocycles. The fourth-order valence-corrected chi connectivity index (χ4v) is 2.02. The molecule has 0 spiro atoms. The second-order valence-corrected chi connectivity index (χ2v) is 6.92. The molecule has 1 unspecified atom stereocenters. The van der Waals surface area contributed by atoms with Crippen LogP contribution in [0, 0.1) is 5.41 Å². The normalized spacial score (nSPS) is 13.4. The Balaban J connectivity index is 3.48. The van der Waals surface area contributed by atoms with Gasteiger partial charge in [0.15, 0.2) is 0 Å². The minimum Gasteiger partial charge on any atom is -0.356 e. The molecule has 1 atom stereocenters. The van der Waals surface area contributed by atoms with Gasteiger partial charge in [0.25, 0.3) is 0 Å². The van der Waals surface area contributed by atoms with Crippen molar-refractivity contribution in [1.29, 1.82) is 0 Å². The highest BCUT2D eigenvalue weighted by atomic mass is 32.2. The summed E-state index contributed by atoms with van der Waals surface area (Å²) in [5, 5.41) is 2.95. The molecule has 0 aromatic carbocycles. The fraction of sp³-hybridized carbons (Fsp3) is 0.929. The number of nitrogens with two attached hydrogens (primary N) is 1. The van der Waals surface area contributed by atoms with Gasteiger partial charge < -0.3 is 11.1 Å². The van der Waals surface area contributed by atoms with Gasteiger partial charge in [0, 0.05) is 19.0 Å². The number of hydrogen-bond acceptors (Lipinski definition) is 3. The minimum atomic E-state index is -0.0703. The highest BCUT2D eigenvalue weighted by Gasteiger charge is 2.22. The first-order chi connectivity index (χ1) is 8.38. The van der Waals surface area contributed by atoms with Crippen LogP contribution in [0.2, 0.25) is 0 Å². The average Bonchev–Trinajstić information content (AvgIpc) is 2.26. The van der Waals surface area contributed by atoms with E-state index in [9.17, 15) is 4.79 Å². The molecule has 3 N–H and O–H groups in total. The third-order valence-corrected chi connectivity index (χ3v) is 3.81. The zero-order chi connectivity index (χ0) is 14.0. The lowest BCUT2D eigenvalue weighted by molar-refractivity contribution is -0.121. The van der Waals surface area contributed by atoms with Crippen molar-refractivity contribution < 1.29 is 4.79 Å². The van der Waals surface area contributed by atoms with Crippen LogP contribution in [0.3, 0.4) is 0 Å². The Morgan fingerprint density at radius 2 is 1.83 bits per heavy atom. The number of nitrogens with one attached hydrogen (secondary N) is 1. The molecule has 1 amide bonds. The second kappa shape index (κ2) is 9.68. The van der Waals surface area contributed by atoms with Gasteiger partial charge in [-0.1, -0.05) is 33.6 Å². The van der Waals surface area contributed by atoms with Crippen molar-refractivity contribution in [1.82, 2.24) is 5.32 Å². The van der Waals surface area contributed by atoms with Gasteiger partial charge in [-0.25, -0.2) is 0 Å². The van der Waals surface area contributed by atoms with Gasteiger partial charge in [-0.2, -0.15) is 11.8 Å². The van der Waals surface area contributed by atoms with E-state index in [-0.39, 0.29) is 17.4 Å². The molecule has 0 rings (SSSR count). The van der Waals surface area contributed by atoms with Crippen LogP contribution in [-0.4, -0.2) is 30.5 Å². The molecule has 0 aromatic rings. The van der Waals surface area contributed by atoms with Crippen molar-refractivity contribution >= 4 is 17.7 Å². The zero-order valence-electron chi connectivity index (χ0n) is 12.4. The molecule has 0 aliphatic heterocycles. The summed E-state index contributed by atoms with van der Waals surface area (Å²) in [4.78, 5) is 11.6. The van der Waals surface area contributed by atoms with Gasteiger partial charge in [-0.3, -0.25) is 4.79 Å². The van der Waals surface area contributed by atoms with Crippen LogP contribution in [-0.2, 0) is 4.79 Å². The quantitative estimate of drug-likeness (QED) is 0.636. The third kappa shape index (κ3) is 9.77. The van der Waals surface area contributed by atoms with E-state index in [4.69, 9.17) is 5.73 Å². The van der Waals surface area contributed by atoms with Gasteiger partial charge in [-0.15, -0.1) is 0 Å². The lowest BCUT2D eigenvalue weighted by Crippen LogP contribution is -2.40. The molecule has 0 radical (unpaired) electrons. The van der Waals surface area contributed by atoms with Crippen LogP contribution >= 0.6 is 11.8 Å². The van der Waals surface area contributed by atoms with E-state index in [1.54, 1.807) is 0 Å². The third-order valence-electron chi connectivity index (χ3n) is 3.12. The lowest BCUT2D eigenvalue weighted by atomic mass is 9.85. The number of thioether (sulfide) groups is 1. The van der Waals surface area contributed by atoms with Crippen LogP contribution in [0.15, 0.2) is 0 Å². The number of carbonyl (C=O) groups excluding carboxylic acids is 1. The summed E-state index contributed by atoms with van der Waals surface area (Å²) in [5.41, 5.74) is 5.97. The van der Waals surface area contributed by atoms with Crippen molar-refractivity contribution in [3.63, 3.8) is 0 Å². The molecule has 18 heavy (non-hydrogen) atoms. The highest BCUT2D eigenvalue weighted by Crippen LogP contribution is 2.19. The molecule has 4 heteroatoms. The summed E-state index contributed by atoms with van der Waals surface area (Å²) >= 11 is 1.90. The zero-order valence-corrected chi connectivity index (χ0v) is 13.2. The van der Waals surface area contributed by atoms with Crippen molar-refractivity contribution in [2.24, 2.45) is 11.1 Å². The number of rotatable bonds is 9. The van der Waals surface area contributed by atoms with E-state index in [0.717, 1.165) is 13.0 Å². The Hall–Kier alpha value is -0.220. The number of unbranched alkanes of at least 4 members (excludes halogenated alkanes) is 3. The molecule has 108 valence electrons. The highest BCUT2D eigenvalue weighted by molar-refractivity contribution is 7.98. The maximum absolute atomic E-state index is 11.6. The number of carbonyl (C=O) groups is 1. The van der Waals surface area contributed by atoms with Crippen LogP contribution in [0.1, 0.15) is 52.9 Å². The molecule has 0 aromatic heterocycles. The summed E-state index contributed by atoms with van der Waals surface area (Å²) < 4.78 is 0.